The number of carbonyl (C=O) groups is 2. The van der Waals surface area contributed by atoms with Crippen molar-refractivity contribution in [2.24, 2.45) is 0 Å². The summed E-state index contributed by atoms with van der Waals surface area (Å²) in [5.74, 6) is -1.04. The van der Waals surface area contributed by atoms with Crippen molar-refractivity contribution >= 4 is 17.6 Å². The molecule has 32 heavy (non-hydrogen) atoms. The normalized spacial score (nSPS) is 11.6. The SMILES string of the molecule is Cc1ccc(C)c(NC(=O)[C@H](OC(=O)c2ccc(-n3cnnn3)cc2)c2ccccc2)c1. The quantitative estimate of drug-likeness (QED) is 0.470. The van der Waals surface area contributed by atoms with Gasteiger partial charge in [-0.05, 0) is 65.7 Å². The fourth-order valence-corrected chi connectivity index (χ4v) is 3.17. The van der Waals surface area contributed by atoms with Gasteiger partial charge in [0.25, 0.3) is 5.91 Å². The molecule has 0 aliphatic heterocycles. The summed E-state index contributed by atoms with van der Waals surface area (Å²) in [6.45, 7) is 3.85. The number of ether oxygens (including phenoxy) is 1. The van der Waals surface area contributed by atoms with E-state index in [0.29, 0.717) is 22.5 Å². The number of carbonyl (C=O) groups excluding carboxylic acids is 2. The molecule has 0 aliphatic carbocycles. The van der Waals surface area contributed by atoms with Crippen molar-refractivity contribution in [2.45, 2.75) is 20.0 Å². The number of aromatic nitrogens is 4. The number of nitrogens with zero attached hydrogens (tertiary/aromatic N) is 4. The summed E-state index contributed by atoms with van der Waals surface area (Å²) < 4.78 is 7.13. The van der Waals surface area contributed by atoms with Crippen LogP contribution in [0.4, 0.5) is 5.69 Å². The molecule has 0 unspecified atom stereocenters. The van der Waals surface area contributed by atoms with Gasteiger partial charge in [0.1, 0.15) is 6.33 Å². The maximum Gasteiger partial charge on any atom is 0.339 e. The Morgan fingerprint density at radius 2 is 1.72 bits per heavy atom. The van der Waals surface area contributed by atoms with E-state index in [0.717, 1.165) is 11.1 Å². The highest BCUT2D eigenvalue weighted by Gasteiger charge is 2.26. The molecule has 0 saturated carbocycles. The molecule has 4 aromatic rings. The number of esters is 1. The minimum absolute atomic E-state index is 0.308. The van der Waals surface area contributed by atoms with Gasteiger partial charge in [-0.15, -0.1) is 5.10 Å². The fourth-order valence-electron chi connectivity index (χ4n) is 3.17. The molecule has 1 aromatic heterocycles. The standard InChI is InChI=1S/C24H21N5O3/c1-16-8-9-17(2)21(14-16)26-23(30)22(18-6-4-3-5-7-18)32-24(31)19-10-12-20(13-11-19)29-15-25-27-28-29/h3-15,22H,1-2H3,(H,26,30)/t22-/m1/s1. The zero-order valence-corrected chi connectivity index (χ0v) is 17.6. The molecule has 0 fully saturated rings. The lowest BCUT2D eigenvalue weighted by Crippen LogP contribution is -2.26. The number of hydrogen-bond acceptors (Lipinski definition) is 6. The summed E-state index contributed by atoms with van der Waals surface area (Å²) in [6, 6.07) is 21.3. The van der Waals surface area contributed by atoms with Crippen LogP contribution in [0.5, 0.6) is 0 Å². The summed E-state index contributed by atoms with van der Waals surface area (Å²) in [5, 5.41) is 13.9. The van der Waals surface area contributed by atoms with Crippen molar-refractivity contribution in [1.82, 2.24) is 20.2 Å². The third-order valence-corrected chi connectivity index (χ3v) is 4.93. The van der Waals surface area contributed by atoms with Crippen molar-refractivity contribution in [1.29, 1.82) is 0 Å². The fraction of sp³-hybridized carbons (Fsp3) is 0.125. The zero-order valence-electron chi connectivity index (χ0n) is 17.6. The first kappa shape index (κ1) is 20.9. The monoisotopic (exact) mass is 427 g/mol. The van der Waals surface area contributed by atoms with Crippen LogP contribution in [-0.2, 0) is 9.53 Å². The molecule has 1 atom stereocenters. The van der Waals surface area contributed by atoms with Crippen LogP contribution in [0.3, 0.4) is 0 Å². The Morgan fingerprint density at radius 1 is 0.969 bits per heavy atom. The van der Waals surface area contributed by atoms with Gasteiger partial charge in [-0.1, -0.05) is 42.5 Å². The van der Waals surface area contributed by atoms with Crippen molar-refractivity contribution in [3.05, 3.63) is 101 Å². The summed E-state index contributed by atoms with van der Waals surface area (Å²) in [4.78, 5) is 26.0. The molecular formula is C24H21N5O3. The van der Waals surface area contributed by atoms with Gasteiger partial charge in [0.15, 0.2) is 0 Å². The molecule has 1 amide bonds. The van der Waals surface area contributed by atoms with Gasteiger partial charge in [0.05, 0.1) is 11.3 Å². The summed E-state index contributed by atoms with van der Waals surface area (Å²) >= 11 is 0. The Balaban J connectivity index is 1.56. The lowest BCUT2D eigenvalue weighted by Gasteiger charge is -2.19. The van der Waals surface area contributed by atoms with Gasteiger partial charge in [-0.3, -0.25) is 4.79 Å². The molecule has 1 N–H and O–H groups in total. The van der Waals surface area contributed by atoms with Gasteiger partial charge >= 0.3 is 5.97 Å². The highest BCUT2D eigenvalue weighted by atomic mass is 16.5. The second-order valence-corrected chi connectivity index (χ2v) is 7.30. The number of hydrogen-bond donors (Lipinski definition) is 1. The minimum atomic E-state index is -1.11. The van der Waals surface area contributed by atoms with E-state index in [9.17, 15) is 9.59 Å². The highest BCUT2D eigenvalue weighted by molar-refractivity contribution is 5.98. The third-order valence-electron chi connectivity index (χ3n) is 4.93. The maximum atomic E-state index is 13.1. The van der Waals surface area contributed by atoms with Crippen LogP contribution in [0.15, 0.2) is 79.1 Å². The predicted octanol–water partition coefficient (Wildman–Crippen LogP) is 3.82. The van der Waals surface area contributed by atoms with E-state index in [1.54, 1.807) is 48.5 Å². The molecule has 3 aromatic carbocycles. The van der Waals surface area contributed by atoms with E-state index < -0.39 is 18.0 Å². The van der Waals surface area contributed by atoms with E-state index in [-0.39, 0.29) is 0 Å². The van der Waals surface area contributed by atoms with E-state index in [1.165, 1.54) is 11.0 Å². The first-order valence-corrected chi connectivity index (χ1v) is 9.99. The summed E-state index contributed by atoms with van der Waals surface area (Å²) in [7, 11) is 0. The molecule has 1 heterocycles. The van der Waals surface area contributed by atoms with Crippen LogP contribution in [0.25, 0.3) is 5.69 Å². The Kier molecular flexibility index (Phi) is 6.03. The van der Waals surface area contributed by atoms with E-state index in [4.69, 9.17) is 4.74 Å². The van der Waals surface area contributed by atoms with Crippen LogP contribution in [0.2, 0.25) is 0 Å². The predicted molar refractivity (Wildman–Crippen MR) is 118 cm³/mol. The lowest BCUT2D eigenvalue weighted by atomic mass is 10.1. The number of benzene rings is 3. The summed E-state index contributed by atoms with van der Waals surface area (Å²) in [5.41, 5.74) is 4.19. The number of rotatable bonds is 6. The number of aryl methyl sites for hydroxylation is 2. The van der Waals surface area contributed by atoms with Gasteiger partial charge in [0, 0.05) is 11.3 Å². The van der Waals surface area contributed by atoms with Gasteiger partial charge < -0.3 is 10.1 Å². The Morgan fingerprint density at radius 3 is 2.41 bits per heavy atom. The first-order chi connectivity index (χ1) is 15.5. The molecule has 0 bridgehead atoms. The average molecular weight is 427 g/mol. The topological polar surface area (TPSA) is 99.0 Å². The average Bonchev–Trinajstić information content (AvgIpc) is 3.35. The molecule has 8 heteroatoms. The molecule has 4 rings (SSSR count). The van der Waals surface area contributed by atoms with Crippen LogP contribution in [0, 0.1) is 13.8 Å². The van der Waals surface area contributed by atoms with Gasteiger partial charge in [-0.25, -0.2) is 9.48 Å². The molecule has 0 aliphatic rings. The maximum absolute atomic E-state index is 13.1. The zero-order chi connectivity index (χ0) is 22.5. The summed E-state index contributed by atoms with van der Waals surface area (Å²) in [6.07, 6.45) is 0.346. The van der Waals surface area contributed by atoms with Crippen LogP contribution >= 0.6 is 0 Å². The van der Waals surface area contributed by atoms with Crippen molar-refractivity contribution < 1.29 is 14.3 Å². The van der Waals surface area contributed by atoms with Crippen molar-refractivity contribution in [3.8, 4) is 5.69 Å². The molecule has 0 spiro atoms. The van der Waals surface area contributed by atoms with Gasteiger partial charge in [0.2, 0.25) is 6.10 Å². The van der Waals surface area contributed by atoms with E-state index in [2.05, 4.69) is 20.8 Å². The molecule has 160 valence electrons. The van der Waals surface area contributed by atoms with Crippen LogP contribution in [-0.4, -0.2) is 32.1 Å². The second kappa shape index (κ2) is 9.22. The largest absolute Gasteiger partial charge is 0.444 e. The first-order valence-electron chi connectivity index (χ1n) is 9.99. The molecule has 0 radical (unpaired) electrons. The number of nitrogens with one attached hydrogen (secondary N) is 1. The van der Waals surface area contributed by atoms with Crippen LogP contribution < -0.4 is 5.32 Å². The Labute approximate surface area is 184 Å². The second-order valence-electron chi connectivity index (χ2n) is 7.30. The number of amides is 1. The van der Waals surface area contributed by atoms with Crippen molar-refractivity contribution in [2.75, 3.05) is 5.32 Å². The van der Waals surface area contributed by atoms with Crippen LogP contribution in [0.1, 0.15) is 33.2 Å². The number of tetrazole rings is 1. The lowest BCUT2D eigenvalue weighted by molar-refractivity contribution is -0.125. The number of anilines is 1. The smallest absolute Gasteiger partial charge is 0.339 e. The van der Waals surface area contributed by atoms with Crippen molar-refractivity contribution in [3.63, 3.8) is 0 Å². The molecular weight excluding hydrogens is 406 g/mol. The van der Waals surface area contributed by atoms with E-state index in [1.807, 2.05) is 38.1 Å². The molecule has 8 nitrogen and oxygen atoms in total. The third kappa shape index (κ3) is 4.70. The van der Waals surface area contributed by atoms with Gasteiger partial charge in [-0.2, -0.15) is 0 Å². The molecule has 0 saturated heterocycles. The highest BCUT2D eigenvalue weighted by Crippen LogP contribution is 2.24. The van der Waals surface area contributed by atoms with E-state index >= 15 is 0 Å². The minimum Gasteiger partial charge on any atom is -0.444 e. The Bertz CT molecular complexity index is 1220. The Hall–Kier alpha value is -4.33.